The van der Waals surface area contributed by atoms with Crippen LogP contribution in [0.1, 0.15) is 12.8 Å². The summed E-state index contributed by atoms with van der Waals surface area (Å²) in [5.74, 6) is 1.38. The third-order valence-corrected chi connectivity index (χ3v) is 4.86. The van der Waals surface area contributed by atoms with E-state index in [-0.39, 0.29) is 0 Å². The summed E-state index contributed by atoms with van der Waals surface area (Å²) in [6.07, 6.45) is 4.60. The number of hydrogen-bond acceptors (Lipinski definition) is 9. The molecule has 0 aromatic heterocycles. The standard InChI is InChI=1S/C10H20N2O3S3.O2S/c1-16-5-3-7(11)9(13)18(15)10(14)8(12)4-6-17-2;1-3-2/h7-8H,3-6,11-12H2,1-2H3;/t7-,8-;/m0./s1. The number of thioether (sulfide) groups is 2. The minimum atomic E-state index is -2.22. The molecular weight excluding hydrogens is 356 g/mol. The van der Waals surface area contributed by atoms with Crippen molar-refractivity contribution < 1.29 is 22.2 Å². The van der Waals surface area contributed by atoms with Crippen molar-refractivity contribution in [3.63, 3.8) is 0 Å². The van der Waals surface area contributed by atoms with Gasteiger partial charge >= 0.3 is 11.6 Å². The molecule has 0 radical (unpaired) electrons. The fourth-order valence-electron chi connectivity index (χ4n) is 1.10. The molecule has 0 saturated heterocycles. The monoisotopic (exact) mass is 376 g/mol. The van der Waals surface area contributed by atoms with Crippen LogP contribution in [0, 0.1) is 0 Å². The van der Waals surface area contributed by atoms with Gasteiger partial charge in [-0.3, -0.25) is 9.59 Å². The molecule has 0 aliphatic carbocycles. The molecule has 7 nitrogen and oxygen atoms in total. The SMILES string of the molecule is CSCC[C@H](N)C(=O)S(=O)C(=O)[C@@H](N)CCSC.O=S=O. The molecule has 0 saturated carbocycles. The van der Waals surface area contributed by atoms with Gasteiger partial charge in [0.15, 0.2) is 10.8 Å². The Bertz CT molecular complexity index is 360. The lowest BCUT2D eigenvalue weighted by Gasteiger charge is -2.11. The van der Waals surface area contributed by atoms with Gasteiger partial charge in [0.2, 0.25) is 10.2 Å². The van der Waals surface area contributed by atoms with Crippen molar-refractivity contribution in [2.24, 2.45) is 11.5 Å². The highest BCUT2D eigenvalue weighted by Gasteiger charge is 2.29. The fraction of sp³-hybridized carbons (Fsp3) is 0.800. The van der Waals surface area contributed by atoms with Crippen LogP contribution < -0.4 is 11.5 Å². The maximum atomic E-state index is 11.7. The van der Waals surface area contributed by atoms with Crippen LogP contribution >= 0.6 is 23.5 Å². The third-order valence-electron chi connectivity index (χ3n) is 2.24. The molecule has 0 rings (SSSR count). The van der Waals surface area contributed by atoms with Gasteiger partial charge in [-0.25, -0.2) is 4.21 Å². The Morgan fingerprint density at radius 1 is 0.952 bits per heavy atom. The number of carbonyl (C=O) groups excluding carboxylic acids is 2. The second kappa shape index (κ2) is 14.9. The van der Waals surface area contributed by atoms with Crippen LogP contribution in [0.4, 0.5) is 0 Å². The topological polar surface area (TPSA) is 137 Å². The van der Waals surface area contributed by atoms with Crippen LogP contribution in [0.15, 0.2) is 0 Å². The fourth-order valence-corrected chi connectivity index (χ4v) is 3.06. The predicted octanol–water partition coefficient (Wildman–Crippen LogP) is -0.721. The summed E-state index contributed by atoms with van der Waals surface area (Å²) in [5.41, 5.74) is 11.2. The second-order valence-electron chi connectivity index (χ2n) is 3.75. The normalized spacial score (nSPS) is 13.0. The zero-order valence-corrected chi connectivity index (χ0v) is 15.1. The van der Waals surface area contributed by atoms with Crippen LogP contribution in [0.25, 0.3) is 0 Å². The molecule has 0 heterocycles. The molecule has 0 bridgehead atoms. The molecule has 0 aliphatic rings. The molecule has 0 fully saturated rings. The van der Waals surface area contributed by atoms with Gasteiger partial charge in [0, 0.05) is 0 Å². The van der Waals surface area contributed by atoms with Crippen molar-refractivity contribution in [2.45, 2.75) is 24.9 Å². The first kappa shape index (κ1) is 23.2. The van der Waals surface area contributed by atoms with E-state index in [1.165, 1.54) is 0 Å². The number of nitrogens with two attached hydrogens (primary N) is 2. The van der Waals surface area contributed by atoms with E-state index < -0.39 is 44.7 Å². The Labute approximate surface area is 138 Å². The Kier molecular flexibility index (Phi) is 16.4. The Balaban J connectivity index is 0. The smallest absolute Gasteiger partial charge is 0.321 e. The second-order valence-corrected chi connectivity index (χ2v) is 7.20. The molecular formula is C10H20N2O5S4. The lowest BCUT2D eigenvalue weighted by molar-refractivity contribution is -0.115. The number of hydrogen-bond donors (Lipinski definition) is 2. The first-order valence-electron chi connectivity index (χ1n) is 5.77. The van der Waals surface area contributed by atoms with E-state index in [2.05, 4.69) is 0 Å². The molecule has 21 heavy (non-hydrogen) atoms. The quantitative estimate of drug-likeness (QED) is 0.562. The summed E-state index contributed by atoms with van der Waals surface area (Å²) in [7, 11) is -2.22. The molecule has 11 heteroatoms. The van der Waals surface area contributed by atoms with Gasteiger partial charge in [0.05, 0.1) is 12.1 Å². The van der Waals surface area contributed by atoms with Gasteiger partial charge in [-0.2, -0.15) is 31.9 Å². The van der Waals surface area contributed by atoms with E-state index in [4.69, 9.17) is 19.9 Å². The van der Waals surface area contributed by atoms with Gasteiger partial charge in [-0.05, 0) is 36.9 Å². The minimum absolute atomic E-state index is 0.416. The molecule has 0 unspecified atom stereocenters. The van der Waals surface area contributed by atoms with Crippen LogP contribution in [-0.4, -0.2) is 59.0 Å². The molecule has 0 amide bonds. The highest BCUT2D eigenvalue weighted by molar-refractivity contribution is 8.13. The first-order chi connectivity index (χ1) is 9.87. The largest absolute Gasteiger partial charge is 0.335 e. The summed E-state index contributed by atoms with van der Waals surface area (Å²) in [5, 5.41) is -1.43. The van der Waals surface area contributed by atoms with Gasteiger partial charge in [-0.1, -0.05) is 0 Å². The van der Waals surface area contributed by atoms with E-state index in [1.807, 2.05) is 12.5 Å². The van der Waals surface area contributed by atoms with Crippen molar-refractivity contribution in [3.05, 3.63) is 0 Å². The highest BCUT2D eigenvalue weighted by Crippen LogP contribution is 2.06. The Hall–Kier alpha value is -0.0700. The number of rotatable bonds is 8. The molecule has 4 N–H and O–H groups in total. The van der Waals surface area contributed by atoms with Crippen LogP contribution in [-0.2, 0) is 32.0 Å². The van der Waals surface area contributed by atoms with Crippen LogP contribution in [0.5, 0.6) is 0 Å². The maximum absolute atomic E-state index is 11.7. The van der Waals surface area contributed by atoms with E-state index in [1.54, 1.807) is 23.5 Å². The lowest BCUT2D eigenvalue weighted by atomic mass is 10.3. The van der Waals surface area contributed by atoms with Crippen molar-refractivity contribution >= 4 is 56.1 Å². The maximum Gasteiger partial charge on any atom is 0.335 e. The zero-order valence-electron chi connectivity index (χ0n) is 11.8. The molecule has 0 aromatic carbocycles. The van der Waals surface area contributed by atoms with Gasteiger partial charge in [-0.15, -0.1) is 0 Å². The Morgan fingerprint density at radius 3 is 1.48 bits per heavy atom. The van der Waals surface area contributed by atoms with Crippen molar-refractivity contribution in [1.82, 2.24) is 0 Å². The summed E-state index contributed by atoms with van der Waals surface area (Å²) in [4.78, 5) is 23.3. The summed E-state index contributed by atoms with van der Waals surface area (Å²) in [6.45, 7) is 0. The van der Waals surface area contributed by atoms with Crippen LogP contribution in [0.2, 0.25) is 0 Å². The lowest BCUT2D eigenvalue weighted by Crippen LogP contribution is -2.42. The van der Waals surface area contributed by atoms with Crippen molar-refractivity contribution in [3.8, 4) is 0 Å². The van der Waals surface area contributed by atoms with Crippen LogP contribution in [0.3, 0.4) is 0 Å². The van der Waals surface area contributed by atoms with Crippen molar-refractivity contribution in [2.75, 3.05) is 24.0 Å². The average Bonchev–Trinajstić information content (AvgIpc) is 2.48. The average molecular weight is 377 g/mol. The van der Waals surface area contributed by atoms with E-state index in [9.17, 15) is 13.8 Å². The highest BCUT2D eigenvalue weighted by atomic mass is 32.2. The van der Waals surface area contributed by atoms with E-state index in [0.717, 1.165) is 0 Å². The minimum Gasteiger partial charge on any atom is -0.321 e. The van der Waals surface area contributed by atoms with Gasteiger partial charge in [0.1, 0.15) is 0 Å². The molecule has 124 valence electrons. The molecule has 0 aliphatic heterocycles. The zero-order chi connectivity index (χ0) is 16.8. The number of carbonyl (C=O) groups is 2. The molecule has 2 atom stereocenters. The molecule has 0 spiro atoms. The predicted molar refractivity (Wildman–Crippen MR) is 89.0 cm³/mol. The van der Waals surface area contributed by atoms with Gasteiger partial charge in [0.25, 0.3) is 0 Å². The molecule has 0 aromatic rings. The summed E-state index contributed by atoms with van der Waals surface area (Å²) >= 11 is 2.33. The first-order valence-corrected chi connectivity index (χ1v) is 10.4. The summed E-state index contributed by atoms with van der Waals surface area (Å²) < 4.78 is 28.3. The Morgan fingerprint density at radius 2 is 1.24 bits per heavy atom. The van der Waals surface area contributed by atoms with E-state index >= 15 is 0 Å². The third kappa shape index (κ3) is 11.2. The summed E-state index contributed by atoms with van der Waals surface area (Å²) in [6, 6.07) is -1.70. The van der Waals surface area contributed by atoms with E-state index in [0.29, 0.717) is 24.3 Å². The van der Waals surface area contributed by atoms with Crippen molar-refractivity contribution in [1.29, 1.82) is 0 Å². The van der Waals surface area contributed by atoms with Gasteiger partial charge < -0.3 is 11.5 Å².